The molecule has 0 spiro atoms. The van der Waals surface area contributed by atoms with Crippen LogP contribution in [0, 0.1) is 0 Å². The van der Waals surface area contributed by atoms with Gasteiger partial charge in [0.25, 0.3) is 5.91 Å². The molecule has 6 nitrogen and oxygen atoms in total. The van der Waals surface area contributed by atoms with Crippen LogP contribution >= 0.6 is 23.2 Å². The van der Waals surface area contributed by atoms with Gasteiger partial charge in [0, 0.05) is 10.9 Å². The van der Waals surface area contributed by atoms with Crippen LogP contribution in [0.4, 0.5) is 5.69 Å². The monoisotopic (exact) mass is 480 g/mol. The zero-order valence-corrected chi connectivity index (χ0v) is 19.0. The van der Waals surface area contributed by atoms with E-state index in [1.54, 1.807) is 43.5 Å². The highest BCUT2D eigenvalue weighted by Crippen LogP contribution is 2.30. The average Bonchev–Trinajstić information content (AvgIpc) is 2.84. The summed E-state index contributed by atoms with van der Waals surface area (Å²) in [6, 6.07) is 21.1. The summed E-state index contributed by atoms with van der Waals surface area (Å²) in [6.45, 7) is -0.505. The average molecular weight is 481 g/mol. The number of anilines is 1. The van der Waals surface area contributed by atoms with Crippen LogP contribution in [0.25, 0.3) is 22.2 Å². The van der Waals surface area contributed by atoms with E-state index in [-0.39, 0.29) is 15.7 Å². The van der Waals surface area contributed by atoms with Crippen molar-refractivity contribution in [3.63, 3.8) is 0 Å². The van der Waals surface area contributed by atoms with Crippen molar-refractivity contribution in [2.24, 2.45) is 0 Å². The molecule has 0 aliphatic heterocycles. The lowest BCUT2D eigenvalue weighted by Gasteiger charge is -2.12. The number of hydrogen-bond donors (Lipinski definition) is 1. The van der Waals surface area contributed by atoms with Gasteiger partial charge in [-0.1, -0.05) is 47.5 Å². The fourth-order valence-electron chi connectivity index (χ4n) is 3.26. The van der Waals surface area contributed by atoms with Crippen molar-refractivity contribution in [2.45, 2.75) is 0 Å². The third-order valence-electron chi connectivity index (χ3n) is 4.88. The second-order valence-corrected chi connectivity index (χ2v) is 7.84. The molecule has 0 saturated carbocycles. The first-order valence-electron chi connectivity index (χ1n) is 9.91. The minimum Gasteiger partial charge on any atom is -0.497 e. The first-order chi connectivity index (χ1) is 16.0. The van der Waals surface area contributed by atoms with Crippen molar-refractivity contribution in [1.29, 1.82) is 0 Å². The van der Waals surface area contributed by atoms with Crippen molar-refractivity contribution in [1.82, 2.24) is 4.98 Å². The van der Waals surface area contributed by atoms with Crippen molar-refractivity contribution in [3.05, 3.63) is 88.4 Å². The number of hydrogen-bond acceptors (Lipinski definition) is 5. The summed E-state index contributed by atoms with van der Waals surface area (Å²) in [4.78, 5) is 29.9. The van der Waals surface area contributed by atoms with Crippen LogP contribution in [0.3, 0.4) is 0 Å². The Kier molecular flexibility index (Phi) is 6.77. The number of nitrogens with one attached hydrogen (secondary N) is 1. The number of pyridine rings is 1. The van der Waals surface area contributed by atoms with Gasteiger partial charge in [-0.05, 0) is 48.5 Å². The van der Waals surface area contributed by atoms with E-state index in [1.165, 1.54) is 0 Å². The van der Waals surface area contributed by atoms with Gasteiger partial charge in [0.05, 0.1) is 39.6 Å². The number of fused-ring (bicyclic) bond motifs is 1. The number of ether oxygens (including phenoxy) is 2. The summed E-state index contributed by atoms with van der Waals surface area (Å²) in [7, 11) is 1.59. The van der Waals surface area contributed by atoms with Crippen molar-refractivity contribution in [2.75, 3.05) is 19.0 Å². The second kappa shape index (κ2) is 9.90. The van der Waals surface area contributed by atoms with Gasteiger partial charge in [-0.3, -0.25) is 4.79 Å². The molecule has 4 rings (SSSR count). The molecule has 1 N–H and O–H groups in total. The zero-order chi connectivity index (χ0) is 23.4. The fraction of sp³-hybridized carbons (Fsp3) is 0.0800. The van der Waals surface area contributed by atoms with Crippen LogP contribution in [0.5, 0.6) is 5.75 Å². The predicted octanol–water partition coefficient (Wildman–Crippen LogP) is 6.01. The summed E-state index contributed by atoms with van der Waals surface area (Å²) in [6.07, 6.45) is 0. The number of carbonyl (C=O) groups excluding carboxylic acids is 2. The summed E-state index contributed by atoms with van der Waals surface area (Å²) in [5.41, 5.74) is 2.59. The molecular formula is C25H18Cl2N2O4. The molecule has 0 aliphatic carbocycles. The van der Waals surface area contributed by atoms with Gasteiger partial charge in [-0.2, -0.15) is 0 Å². The highest BCUT2D eigenvalue weighted by Gasteiger charge is 2.17. The van der Waals surface area contributed by atoms with E-state index in [0.717, 1.165) is 5.56 Å². The molecule has 0 bridgehead atoms. The minimum atomic E-state index is -0.649. The van der Waals surface area contributed by atoms with Crippen molar-refractivity contribution < 1.29 is 19.1 Å². The molecule has 4 aromatic rings. The highest BCUT2D eigenvalue weighted by atomic mass is 35.5. The van der Waals surface area contributed by atoms with Crippen molar-refractivity contribution in [3.8, 4) is 17.0 Å². The molecule has 8 heteroatoms. The van der Waals surface area contributed by atoms with E-state index >= 15 is 0 Å². The molecule has 0 radical (unpaired) electrons. The smallest absolute Gasteiger partial charge is 0.339 e. The molecule has 1 aromatic heterocycles. The van der Waals surface area contributed by atoms with E-state index in [2.05, 4.69) is 10.3 Å². The fourth-order valence-corrected chi connectivity index (χ4v) is 3.75. The van der Waals surface area contributed by atoms with Crippen LogP contribution in [-0.4, -0.2) is 30.6 Å². The van der Waals surface area contributed by atoms with E-state index < -0.39 is 18.5 Å². The van der Waals surface area contributed by atoms with Crippen LogP contribution in [0.2, 0.25) is 10.0 Å². The Balaban J connectivity index is 1.57. The summed E-state index contributed by atoms with van der Waals surface area (Å²) < 4.78 is 10.5. The number of methoxy groups -OCH3 is 1. The number of aromatic nitrogens is 1. The quantitative estimate of drug-likeness (QED) is 0.341. The third-order valence-corrected chi connectivity index (χ3v) is 5.51. The lowest BCUT2D eigenvalue weighted by atomic mass is 10.0. The Morgan fingerprint density at radius 3 is 2.33 bits per heavy atom. The van der Waals surface area contributed by atoms with Gasteiger partial charge in [0.1, 0.15) is 5.75 Å². The second-order valence-electron chi connectivity index (χ2n) is 7.02. The van der Waals surface area contributed by atoms with Gasteiger partial charge >= 0.3 is 5.97 Å². The van der Waals surface area contributed by atoms with Gasteiger partial charge in [0.15, 0.2) is 6.61 Å². The third kappa shape index (κ3) is 5.08. The number of carbonyl (C=O) groups is 2. The standard InChI is InChI=1S/C25H18Cl2N2O4/c1-32-16-11-9-15(10-12-16)22-13-18(17-5-2-3-8-21(17)28-22)25(31)33-14-23(30)29-24-19(26)6-4-7-20(24)27/h2-13H,14H2,1H3,(H,29,30). The van der Waals surface area contributed by atoms with Crippen LogP contribution < -0.4 is 10.1 Å². The van der Waals surface area contributed by atoms with Gasteiger partial charge in [-0.15, -0.1) is 0 Å². The molecule has 3 aromatic carbocycles. The van der Waals surface area contributed by atoms with E-state index in [9.17, 15) is 9.59 Å². The number of para-hydroxylation sites is 2. The van der Waals surface area contributed by atoms with Gasteiger partial charge < -0.3 is 14.8 Å². The maximum absolute atomic E-state index is 12.9. The maximum Gasteiger partial charge on any atom is 0.339 e. The van der Waals surface area contributed by atoms with E-state index in [4.69, 9.17) is 32.7 Å². The summed E-state index contributed by atoms with van der Waals surface area (Å²) in [5, 5.41) is 3.75. The predicted molar refractivity (Wildman–Crippen MR) is 129 cm³/mol. The highest BCUT2D eigenvalue weighted by molar-refractivity contribution is 6.39. The molecule has 0 unspecified atom stereocenters. The summed E-state index contributed by atoms with van der Waals surface area (Å²) >= 11 is 12.1. The summed E-state index contributed by atoms with van der Waals surface area (Å²) in [5.74, 6) is -0.500. The molecule has 0 fully saturated rings. The van der Waals surface area contributed by atoms with Crippen LogP contribution in [0.1, 0.15) is 10.4 Å². The molecular weight excluding hydrogens is 463 g/mol. The molecule has 1 amide bonds. The number of benzene rings is 3. The van der Waals surface area contributed by atoms with Crippen LogP contribution in [-0.2, 0) is 9.53 Å². The Morgan fingerprint density at radius 2 is 1.64 bits per heavy atom. The Labute approximate surface area is 200 Å². The molecule has 33 heavy (non-hydrogen) atoms. The van der Waals surface area contributed by atoms with Gasteiger partial charge in [0.2, 0.25) is 0 Å². The minimum absolute atomic E-state index is 0.262. The Morgan fingerprint density at radius 1 is 0.939 bits per heavy atom. The number of amides is 1. The molecule has 1 heterocycles. The van der Waals surface area contributed by atoms with E-state index in [1.807, 2.05) is 36.4 Å². The zero-order valence-electron chi connectivity index (χ0n) is 17.5. The Bertz CT molecular complexity index is 1320. The number of rotatable bonds is 6. The molecule has 166 valence electrons. The SMILES string of the molecule is COc1ccc(-c2cc(C(=O)OCC(=O)Nc3c(Cl)cccc3Cl)c3ccccc3n2)cc1. The first kappa shape index (κ1) is 22.6. The van der Waals surface area contributed by atoms with Crippen LogP contribution in [0.15, 0.2) is 72.8 Å². The Hall–Kier alpha value is -3.61. The number of halogens is 2. The molecule has 0 atom stereocenters. The lowest BCUT2D eigenvalue weighted by Crippen LogP contribution is -2.21. The largest absolute Gasteiger partial charge is 0.497 e. The first-order valence-corrected chi connectivity index (χ1v) is 10.7. The van der Waals surface area contributed by atoms with Crippen molar-refractivity contribution >= 4 is 51.7 Å². The lowest BCUT2D eigenvalue weighted by molar-refractivity contribution is -0.119. The molecule has 0 aliphatic rings. The van der Waals surface area contributed by atoms with Gasteiger partial charge in [-0.25, -0.2) is 9.78 Å². The van der Waals surface area contributed by atoms with E-state index in [0.29, 0.717) is 27.9 Å². The number of nitrogens with zero attached hydrogens (tertiary/aromatic N) is 1. The number of esters is 1. The maximum atomic E-state index is 12.9. The molecule has 0 saturated heterocycles. The topological polar surface area (TPSA) is 77.5 Å². The normalized spacial score (nSPS) is 10.6.